The second-order valence-electron chi connectivity index (χ2n) is 9.06. The lowest BCUT2D eigenvalue weighted by Gasteiger charge is -2.36. The molecule has 0 saturated carbocycles. The highest BCUT2D eigenvalue weighted by Gasteiger charge is 2.29. The second kappa shape index (κ2) is 9.11. The fourth-order valence-corrected chi connectivity index (χ4v) is 4.69. The quantitative estimate of drug-likeness (QED) is 0.616. The van der Waals surface area contributed by atoms with Gasteiger partial charge in [-0.3, -0.25) is 4.79 Å². The van der Waals surface area contributed by atoms with E-state index in [1.165, 1.54) is 12.8 Å². The molecule has 0 unspecified atom stereocenters. The van der Waals surface area contributed by atoms with Gasteiger partial charge in [0.2, 0.25) is 5.91 Å². The highest BCUT2D eigenvalue weighted by molar-refractivity contribution is 5.79. The molecular formula is C27H30N4O. The van der Waals surface area contributed by atoms with Gasteiger partial charge in [0.1, 0.15) is 5.82 Å². The Morgan fingerprint density at radius 3 is 2.34 bits per heavy atom. The van der Waals surface area contributed by atoms with Gasteiger partial charge in [-0.05, 0) is 24.3 Å². The monoisotopic (exact) mass is 426 g/mol. The van der Waals surface area contributed by atoms with Crippen molar-refractivity contribution in [3.63, 3.8) is 0 Å². The van der Waals surface area contributed by atoms with Crippen molar-refractivity contribution in [3.8, 4) is 11.4 Å². The zero-order valence-electron chi connectivity index (χ0n) is 18.7. The van der Waals surface area contributed by atoms with E-state index < -0.39 is 0 Å². The van der Waals surface area contributed by atoms with Crippen LogP contribution >= 0.6 is 0 Å². The van der Waals surface area contributed by atoms with E-state index >= 15 is 0 Å². The molecule has 0 radical (unpaired) electrons. The molecule has 5 heteroatoms. The Kier molecular flexibility index (Phi) is 5.89. The fraction of sp³-hybridized carbons (Fsp3) is 0.370. The van der Waals surface area contributed by atoms with Gasteiger partial charge in [-0.15, -0.1) is 0 Å². The molecule has 0 aliphatic carbocycles. The van der Waals surface area contributed by atoms with Gasteiger partial charge in [-0.1, -0.05) is 67.6 Å². The number of amides is 1. The predicted molar refractivity (Wildman–Crippen MR) is 127 cm³/mol. The van der Waals surface area contributed by atoms with Gasteiger partial charge in [-0.25, -0.2) is 9.97 Å². The highest BCUT2D eigenvalue weighted by Crippen LogP contribution is 2.32. The Morgan fingerprint density at radius 2 is 1.62 bits per heavy atom. The lowest BCUT2D eigenvalue weighted by molar-refractivity contribution is -0.131. The zero-order valence-corrected chi connectivity index (χ0v) is 18.7. The third kappa shape index (κ3) is 4.38. The number of carbonyl (C=O) groups is 1. The van der Waals surface area contributed by atoms with Crippen molar-refractivity contribution in [2.45, 2.75) is 39.2 Å². The summed E-state index contributed by atoms with van der Waals surface area (Å²) in [5, 5.41) is 0. The summed E-state index contributed by atoms with van der Waals surface area (Å²) in [6.45, 7) is 5.65. The summed E-state index contributed by atoms with van der Waals surface area (Å²) in [7, 11) is 0. The average Bonchev–Trinajstić information content (AvgIpc) is 2.85. The van der Waals surface area contributed by atoms with Crippen molar-refractivity contribution in [1.82, 2.24) is 14.9 Å². The Labute approximate surface area is 190 Å². The van der Waals surface area contributed by atoms with E-state index in [0.29, 0.717) is 19.5 Å². The summed E-state index contributed by atoms with van der Waals surface area (Å²) in [5.74, 6) is 2.74. The highest BCUT2D eigenvalue weighted by atomic mass is 16.2. The number of carbonyl (C=O) groups excluding carboxylic acids is 1. The molecule has 1 fully saturated rings. The van der Waals surface area contributed by atoms with Crippen molar-refractivity contribution in [1.29, 1.82) is 0 Å². The molecular weight excluding hydrogens is 396 g/mol. The first-order valence-electron chi connectivity index (χ1n) is 11.7. The number of benzene rings is 2. The molecule has 1 saturated heterocycles. The topological polar surface area (TPSA) is 49.3 Å². The number of anilines is 1. The minimum atomic E-state index is 0.173. The van der Waals surface area contributed by atoms with Crippen molar-refractivity contribution >= 4 is 11.7 Å². The second-order valence-corrected chi connectivity index (χ2v) is 9.06. The number of nitrogens with zero attached hydrogens (tertiary/aromatic N) is 4. The lowest BCUT2D eigenvalue weighted by Crippen LogP contribution is -2.40. The van der Waals surface area contributed by atoms with Crippen molar-refractivity contribution in [2.75, 3.05) is 24.5 Å². The molecule has 1 amide bonds. The number of hydrogen-bond acceptors (Lipinski definition) is 4. The van der Waals surface area contributed by atoms with Crippen LogP contribution < -0.4 is 4.90 Å². The maximum Gasteiger partial charge on any atom is 0.227 e. The molecule has 0 spiro atoms. The number of piperidine rings is 1. The van der Waals surface area contributed by atoms with Crippen LogP contribution in [0.5, 0.6) is 0 Å². The van der Waals surface area contributed by atoms with Crippen LogP contribution in [0.4, 0.5) is 5.82 Å². The van der Waals surface area contributed by atoms with Crippen LogP contribution in [0.3, 0.4) is 0 Å². The van der Waals surface area contributed by atoms with E-state index in [1.54, 1.807) is 0 Å². The standard InChI is InChI=1S/C27H30N4O/c1-20-12-15-30(16-13-20)27-23-19-31(25(32)18-21-8-4-2-5-9-21)17-14-24(23)28-26(29-27)22-10-6-3-7-11-22/h2-11,20H,12-19H2,1H3. The van der Waals surface area contributed by atoms with E-state index in [9.17, 15) is 4.79 Å². The molecule has 2 aliphatic rings. The van der Waals surface area contributed by atoms with E-state index in [2.05, 4.69) is 24.0 Å². The first-order valence-corrected chi connectivity index (χ1v) is 11.7. The average molecular weight is 427 g/mol. The Hall–Kier alpha value is -3.21. The SMILES string of the molecule is CC1CCN(c2nc(-c3ccccc3)nc3c2CN(C(=O)Cc2ccccc2)CC3)CC1. The molecule has 5 nitrogen and oxygen atoms in total. The van der Waals surface area contributed by atoms with Crippen LogP contribution in [0, 0.1) is 5.92 Å². The zero-order chi connectivity index (χ0) is 21.9. The van der Waals surface area contributed by atoms with Gasteiger partial charge < -0.3 is 9.80 Å². The summed E-state index contributed by atoms with van der Waals surface area (Å²) >= 11 is 0. The van der Waals surface area contributed by atoms with Gasteiger partial charge in [0.15, 0.2) is 5.82 Å². The van der Waals surface area contributed by atoms with Crippen LogP contribution in [-0.4, -0.2) is 40.4 Å². The summed E-state index contributed by atoms with van der Waals surface area (Å²) in [6, 6.07) is 20.2. The maximum absolute atomic E-state index is 13.1. The number of fused-ring (bicyclic) bond motifs is 1. The molecule has 0 atom stereocenters. The summed E-state index contributed by atoms with van der Waals surface area (Å²) in [5.41, 5.74) is 4.33. The van der Waals surface area contributed by atoms with Crippen LogP contribution in [0.25, 0.3) is 11.4 Å². The summed E-state index contributed by atoms with van der Waals surface area (Å²) in [4.78, 5) is 27.5. The Balaban J connectivity index is 1.46. The van der Waals surface area contributed by atoms with Crippen molar-refractivity contribution in [3.05, 3.63) is 77.5 Å². The van der Waals surface area contributed by atoms with E-state index in [4.69, 9.17) is 9.97 Å². The molecule has 2 aliphatic heterocycles. The van der Waals surface area contributed by atoms with Crippen LogP contribution in [0.1, 0.15) is 36.6 Å². The van der Waals surface area contributed by atoms with Crippen LogP contribution in [0.15, 0.2) is 60.7 Å². The molecule has 0 N–H and O–H groups in total. The fourth-order valence-electron chi connectivity index (χ4n) is 4.69. The Bertz CT molecular complexity index is 1080. The molecule has 1 aromatic heterocycles. The first kappa shape index (κ1) is 20.7. The minimum absolute atomic E-state index is 0.173. The number of hydrogen-bond donors (Lipinski definition) is 0. The third-order valence-electron chi connectivity index (χ3n) is 6.70. The Morgan fingerprint density at radius 1 is 0.938 bits per heavy atom. The van der Waals surface area contributed by atoms with Gasteiger partial charge in [0, 0.05) is 37.2 Å². The van der Waals surface area contributed by atoms with Crippen molar-refractivity contribution < 1.29 is 4.79 Å². The first-order chi connectivity index (χ1) is 15.7. The smallest absolute Gasteiger partial charge is 0.227 e. The molecule has 3 heterocycles. The summed E-state index contributed by atoms with van der Waals surface area (Å²) in [6.07, 6.45) is 3.57. The van der Waals surface area contributed by atoms with Gasteiger partial charge in [0.25, 0.3) is 0 Å². The summed E-state index contributed by atoms with van der Waals surface area (Å²) < 4.78 is 0. The van der Waals surface area contributed by atoms with Crippen LogP contribution in [0.2, 0.25) is 0 Å². The van der Waals surface area contributed by atoms with Crippen LogP contribution in [-0.2, 0) is 24.2 Å². The maximum atomic E-state index is 13.1. The van der Waals surface area contributed by atoms with E-state index in [0.717, 1.165) is 59.5 Å². The van der Waals surface area contributed by atoms with Gasteiger partial charge >= 0.3 is 0 Å². The van der Waals surface area contributed by atoms with Gasteiger partial charge in [-0.2, -0.15) is 0 Å². The molecule has 32 heavy (non-hydrogen) atoms. The number of rotatable bonds is 4. The molecule has 164 valence electrons. The van der Waals surface area contributed by atoms with Gasteiger partial charge in [0.05, 0.1) is 18.7 Å². The third-order valence-corrected chi connectivity index (χ3v) is 6.70. The lowest BCUT2D eigenvalue weighted by atomic mass is 9.97. The van der Waals surface area contributed by atoms with Crippen molar-refractivity contribution in [2.24, 2.45) is 5.92 Å². The van der Waals surface area contributed by atoms with E-state index in [-0.39, 0.29) is 5.91 Å². The molecule has 3 aromatic rings. The molecule has 2 aromatic carbocycles. The number of aromatic nitrogens is 2. The predicted octanol–water partition coefficient (Wildman–Crippen LogP) is 4.51. The largest absolute Gasteiger partial charge is 0.356 e. The molecule has 0 bridgehead atoms. The minimum Gasteiger partial charge on any atom is -0.356 e. The van der Waals surface area contributed by atoms with E-state index in [1.807, 2.05) is 53.4 Å². The normalized spacial score (nSPS) is 16.7. The molecule has 5 rings (SSSR count).